The zero-order chi connectivity index (χ0) is 8.32. The molecule has 2 N–H and O–H groups in total. The third-order valence-electron chi connectivity index (χ3n) is 2.39. The molecule has 0 amide bonds. The number of piperidine rings is 1. The summed E-state index contributed by atoms with van der Waals surface area (Å²) in [5.74, 6) is -0.672. The average molecular weight is 194 g/mol. The van der Waals surface area contributed by atoms with Crippen molar-refractivity contribution in [3.63, 3.8) is 0 Å². The summed E-state index contributed by atoms with van der Waals surface area (Å²) >= 11 is 0. The number of nitrogens with one attached hydrogen (secondary N) is 1. The number of rotatable bonds is 2. The standard InChI is InChI=1S/C8H15NO2.ClH/c1-8(6-7(10)11)2-4-9-5-3-8;/h9H,2-6H2,1H3,(H,10,11);1H. The minimum atomic E-state index is -0.672. The number of carbonyl (C=O) groups is 1. The maximum Gasteiger partial charge on any atom is 0.303 e. The van der Waals surface area contributed by atoms with E-state index in [2.05, 4.69) is 12.2 Å². The first-order valence-corrected chi connectivity index (χ1v) is 4.05. The van der Waals surface area contributed by atoms with Crippen molar-refractivity contribution in [1.29, 1.82) is 0 Å². The fraction of sp³-hybridized carbons (Fsp3) is 0.875. The van der Waals surface area contributed by atoms with Gasteiger partial charge in [0.15, 0.2) is 0 Å². The normalized spacial score (nSPS) is 21.1. The molecule has 1 fully saturated rings. The quantitative estimate of drug-likeness (QED) is 0.695. The number of hydrogen-bond donors (Lipinski definition) is 2. The van der Waals surface area contributed by atoms with Gasteiger partial charge in [-0.1, -0.05) is 6.92 Å². The van der Waals surface area contributed by atoms with Crippen LogP contribution in [0.1, 0.15) is 26.2 Å². The summed E-state index contributed by atoms with van der Waals surface area (Å²) < 4.78 is 0. The second-order valence-electron chi connectivity index (χ2n) is 3.63. The minimum absolute atomic E-state index is 0. The predicted molar refractivity (Wildman–Crippen MR) is 49.7 cm³/mol. The number of aliphatic carboxylic acids is 1. The van der Waals surface area contributed by atoms with Crippen molar-refractivity contribution in [2.24, 2.45) is 5.41 Å². The Hall–Kier alpha value is -0.280. The van der Waals surface area contributed by atoms with Gasteiger partial charge in [-0.15, -0.1) is 12.4 Å². The van der Waals surface area contributed by atoms with Crippen LogP contribution < -0.4 is 5.32 Å². The fourth-order valence-corrected chi connectivity index (χ4v) is 1.57. The van der Waals surface area contributed by atoms with Crippen LogP contribution in [0.25, 0.3) is 0 Å². The molecule has 3 nitrogen and oxygen atoms in total. The molecule has 0 atom stereocenters. The molecule has 0 saturated carbocycles. The molecule has 1 rings (SSSR count). The van der Waals surface area contributed by atoms with Gasteiger partial charge in [0.25, 0.3) is 0 Å². The van der Waals surface area contributed by atoms with Crippen molar-refractivity contribution in [3.8, 4) is 0 Å². The van der Waals surface area contributed by atoms with Crippen molar-refractivity contribution in [3.05, 3.63) is 0 Å². The van der Waals surface area contributed by atoms with Crippen LogP contribution in [0.2, 0.25) is 0 Å². The Morgan fingerprint density at radius 3 is 2.42 bits per heavy atom. The van der Waals surface area contributed by atoms with Gasteiger partial charge < -0.3 is 10.4 Å². The van der Waals surface area contributed by atoms with Crippen LogP contribution in [0.4, 0.5) is 0 Å². The summed E-state index contributed by atoms with van der Waals surface area (Å²) in [5.41, 5.74) is 0.0388. The Balaban J connectivity index is 0.00000121. The molecule has 1 aliphatic rings. The van der Waals surface area contributed by atoms with Crippen molar-refractivity contribution in [1.82, 2.24) is 5.32 Å². The number of halogens is 1. The van der Waals surface area contributed by atoms with Gasteiger partial charge in [0.05, 0.1) is 6.42 Å². The molecule has 1 aliphatic heterocycles. The van der Waals surface area contributed by atoms with E-state index < -0.39 is 5.97 Å². The lowest BCUT2D eigenvalue weighted by molar-refractivity contribution is -0.139. The van der Waals surface area contributed by atoms with E-state index in [1.165, 1.54) is 0 Å². The minimum Gasteiger partial charge on any atom is -0.481 e. The SMILES string of the molecule is CC1(CC(=O)O)CCNCC1.Cl. The van der Waals surface area contributed by atoms with Gasteiger partial charge in [-0.2, -0.15) is 0 Å². The number of hydrogen-bond acceptors (Lipinski definition) is 2. The van der Waals surface area contributed by atoms with E-state index in [4.69, 9.17) is 5.11 Å². The van der Waals surface area contributed by atoms with E-state index in [9.17, 15) is 4.79 Å². The van der Waals surface area contributed by atoms with Crippen molar-refractivity contribution >= 4 is 18.4 Å². The third kappa shape index (κ3) is 3.41. The van der Waals surface area contributed by atoms with Crippen molar-refractivity contribution in [2.45, 2.75) is 26.2 Å². The summed E-state index contributed by atoms with van der Waals surface area (Å²) in [6.45, 7) is 3.98. The first-order chi connectivity index (χ1) is 5.12. The van der Waals surface area contributed by atoms with Crippen LogP contribution in [-0.4, -0.2) is 24.2 Å². The molecule has 4 heteroatoms. The Kier molecular flexibility index (Phi) is 4.57. The second kappa shape index (κ2) is 4.67. The summed E-state index contributed by atoms with van der Waals surface area (Å²) in [6, 6.07) is 0. The van der Waals surface area contributed by atoms with E-state index in [-0.39, 0.29) is 17.8 Å². The van der Waals surface area contributed by atoms with Gasteiger partial charge >= 0.3 is 5.97 Å². The average Bonchev–Trinajstić information content (AvgIpc) is 1.85. The van der Waals surface area contributed by atoms with Crippen molar-refractivity contribution in [2.75, 3.05) is 13.1 Å². The van der Waals surface area contributed by atoms with Crippen LogP contribution in [0, 0.1) is 5.41 Å². The zero-order valence-corrected chi connectivity index (χ0v) is 8.12. The number of carboxylic acids is 1. The van der Waals surface area contributed by atoms with E-state index in [0.29, 0.717) is 6.42 Å². The second-order valence-corrected chi connectivity index (χ2v) is 3.63. The molecule has 0 aromatic rings. The molecule has 12 heavy (non-hydrogen) atoms. The van der Waals surface area contributed by atoms with Gasteiger partial charge in [-0.25, -0.2) is 0 Å². The van der Waals surface area contributed by atoms with E-state index in [1.54, 1.807) is 0 Å². The van der Waals surface area contributed by atoms with Gasteiger partial charge in [-0.3, -0.25) is 4.79 Å². The highest BCUT2D eigenvalue weighted by Gasteiger charge is 2.28. The Bertz CT molecular complexity index is 155. The maximum atomic E-state index is 10.5. The lowest BCUT2D eigenvalue weighted by Crippen LogP contribution is -2.36. The van der Waals surface area contributed by atoms with Gasteiger partial charge in [0, 0.05) is 0 Å². The molecule has 72 valence electrons. The summed E-state index contributed by atoms with van der Waals surface area (Å²) in [4.78, 5) is 10.5. The van der Waals surface area contributed by atoms with Gasteiger partial charge in [-0.05, 0) is 31.3 Å². The molecule has 0 bridgehead atoms. The molecule has 0 radical (unpaired) electrons. The van der Waals surface area contributed by atoms with E-state index in [0.717, 1.165) is 25.9 Å². The maximum absolute atomic E-state index is 10.5. The fourth-order valence-electron chi connectivity index (χ4n) is 1.57. The Labute approximate surface area is 78.9 Å². The van der Waals surface area contributed by atoms with Crippen molar-refractivity contribution < 1.29 is 9.90 Å². The van der Waals surface area contributed by atoms with Gasteiger partial charge in [0.1, 0.15) is 0 Å². The molecule has 0 aromatic carbocycles. The van der Waals surface area contributed by atoms with Crippen LogP contribution in [0.15, 0.2) is 0 Å². The van der Waals surface area contributed by atoms with E-state index in [1.807, 2.05) is 0 Å². The largest absolute Gasteiger partial charge is 0.481 e. The Morgan fingerprint density at radius 2 is 2.00 bits per heavy atom. The van der Waals surface area contributed by atoms with Crippen LogP contribution >= 0.6 is 12.4 Å². The first-order valence-electron chi connectivity index (χ1n) is 4.05. The molecular formula is C8H16ClNO2. The first kappa shape index (κ1) is 11.7. The zero-order valence-electron chi connectivity index (χ0n) is 7.30. The smallest absolute Gasteiger partial charge is 0.303 e. The predicted octanol–water partition coefficient (Wildman–Crippen LogP) is 1.27. The molecular weight excluding hydrogens is 178 g/mol. The third-order valence-corrected chi connectivity index (χ3v) is 2.39. The topological polar surface area (TPSA) is 49.3 Å². The van der Waals surface area contributed by atoms with E-state index >= 15 is 0 Å². The van der Waals surface area contributed by atoms with Crippen LogP contribution in [0.3, 0.4) is 0 Å². The molecule has 1 saturated heterocycles. The molecule has 0 aromatic heterocycles. The van der Waals surface area contributed by atoms with Gasteiger partial charge in [0.2, 0.25) is 0 Å². The highest BCUT2D eigenvalue weighted by molar-refractivity contribution is 5.85. The molecule has 0 unspecified atom stereocenters. The lowest BCUT2D eigenvalue weighted by atomic mass is 9.78. The molecule has 1 heterocycles. The van der Waals surface area contributed by atoms with Crippen LogP contribution in [-0.2, 0) is 4.79 Å². The summed E-state index contributed by atoms with van der Waals surface area (Å²) in [7, 11) is 0. The summed E-state index contributed by atoms with van der Waals surface area (Å²) in [5, 5.41) is 11.8. The lowest BCUT2D eigenvalue weighted by Gasteiger charge is -2.32. The molecule has 0 spiro atoms. The Morgan fingerprint density at radius 1 is 1.50 bits per heavy atom. The monoisotopic (exact) mass is 193 g/mol. The molecule has 0 aliphatic carbocycles. The highest BCUT2D eigenvalue weighted by atomic mass is 35.5. The number of carboxylic acid groups (broad SMARTS) is 1. The summed E-state index contributed by atoms with van der Waals surface area (Å²) in [6.07, 6.45) is 2.28. The van der Waals surface area contributed by atoms with Crippen LogP contribution in [0.5, 0.6) is 0 Å². The highest BCUT2D eigenvalue weighted by Crippen LogP contribution is 2.31.